The number of fused-ring (bicyclic) bond motifs is 1. The van der Waals surface area contributed by atoms with Crippen LogP contribution in [-0.2, 0) is 0 Å². The van der Waals surface area contributed by atoms with E-state index in [1.54, 1.807) is 12.3 Å². The van der Waals surface area contributed by atoms with Gasteiger partial charge in [-0.2, -0.15) is 0 Å². The molecule has 1 aromatic heterocycles. The predicted molar refractivity (Wildman–Crippen MR) is 55.9 cm³/mol. The molecule has 0 bridgehead atoms. The highest BCUT2D eigenvalue weighted by Gasteiger charge is 2.02. The summed E-state index contributed by atoms with van der Waals surface area (Å²) in [4.78, 5) is 4.20. The largest absolute Gasteiger partial charge is 0.398 e. The minimum atomic E-state index is 0.691. The minimum Gasteiger partial charge on any atom is -0.398 e. The van der Waals surface area contributed by atoms with E-state index >= 15 is 0 Å². The summed E-state index contributed by atoms with van der Waals surface area (Å²) in [5.41, 5.74) is 8.44. The fraction of sp³-hybridized carbons (Fsp3) is 0.100. The number of halogens is 1. The van der Waals surface area contributed by atoms with E-state index in [0.29, 0.717) is 5.02 Å². The number of nitrogens with two attached hydrogens (primary N) is 1. The maximum Gasteiger partial charge on any atom is 0.0721 e. The molecule has 0 amide bonds. The van der Waals surface area contributed by atoms with Gasteiger partial charge in [0.2, 0.25) is 0 Å². The molecular weight excluding hydrogens is 184 g/mol. The first-order valence-electron chi connectivity index (χ1n) is 3.99. The fourth-order valence-electron chi connectivity index (χ4n) is 1.28. The summed E-state index contributed by atoms with van der Waals surface area (Å²) in [6, 6.07) is 5.56. The standard InChI is InChI=1S/C10H9ClN2/c1-6-4-10-7(5-9(6)12)8(11)2-3-13-10/h2-5H,12H2,1H3. The molecule has 1 heterocycles. The molecule has 66 valence electrons. The first-order valence-corrected chi connectivity index (χ1v) is 4.36. The first-order chi connectivity index (χ1) is 6.18. The van der Waals surface area contributed by atoms with Crippen LogP contribution in [0.2, 0.25) is 5.02 Å². The lowest BCUT2D eigenvalue weighted by Gasteiger charge is -2.03. The highest BCUT2D eigenvalue weighted by atomic mass is 35.5. The Morgan fingerprint density at radius 2 is 2.15 bits per heavy atom. The topological polar surface area (TPSA) is 38.9 Å². The summed E-state index contributed by atoms with van der Waals surface area (Å²) in [6.07, 6.45) is 1.69. The summed E-state index contributed by atoms with van der Waals surface area (Å²) in [7, 11) is 0. The lowest BCUT2D eigenvalue weighted by atomic mass is 10.1. The second kappa shape index (κ2) is 2.89. The molecule has 0 saturated heterocycles. The number of anilines is 1. The quantitative estimate of drug-likeness (QED) is 0.652. The first kappa shape index (κ1) is 8.32. The third-order valence-corrected chi connectivity index (χ3v) is 2.41. The second-order valence-corrected chi connectivity index (χ2v) is 3.43. The van der Waals surface area contributed by atoms with Gasteiger partial charge in [-0.05, 0) is 30.7 Å². The number of nitrogens with zero attached hydrogens (tertiary/aromatic N) is 1. The molecule has 0 saturated carbocycles. The number of hydrogen-bond acceptors (Lipinski definition) is 2. The van der Waals surface area contributed by atoms with Gasteiger partial charge in [0.1, 0.15) is 0 Å². The summed E-state index contributed by atoms with van der Waals surface area (Å²) in [5.74, 6) is 0. The van der Waals surface area contributed by atoms with Crippen molar-refractivity contribution >= 4 is 28.2 Å². The van der Waals surface area contributed by atoms with E-state index in [4.69, 9.17) is 17.3 Å². The van der Waals surface area contributed by atoms with Gasteiger partial charge in [-0.25, -0.2) is 0 Å². The van der Waals surface area contributed by atoms with E-state index in [2.05, 4.69) is 4.98 Å². The van der Waals surface area contributed by atoms with E-state index in [1.807, 2.05) is 19.1 Å². The fourth-order valence-corrected chi connectivity index (χ4v) is 1.49. The average Bonchev–Trinajstić information content (AvgIpc) is 2.09. The van der Waals surface area contributed by atoms with E-state index in [1.165, 1.54) is 0 Å². The molecular formula is C10H9ClN2. The Morgan fingerprint density at radius 1 is 1.38 bits per heavy atom. The van der Waals surface area contributed by atoms with Crippen molar-refractivity contribution in [3.8, 4) is 0 Å². The van der Waals surface area contributed by atoms with Crippen LogP contribution in [0.1, 0.15) is 5.56 Å². The molecule has 2 rings (SSSR count). The van der Waals surface area contributed by atoms with Crippen molar-refractivity contribution in [3.63, 3.8) is 0 Å². The van der Waals surface area contributed by atoms with Crippen LogP contribution in [0, 0.1) is 6.92 Å². The molecule has 0 unspecified atom stereocenters. The highest BCUT2D eigenvalue weighted by Crippen LogP contribution is 2.25. The number of nitrogen functional groups attached to an aromatic ring is 1. The van der Waals surface area contributed by atoms with Gasteiger partial charge in [0.05, 0.1) is 10.5 Å². The molecule has 2 N–H and O–H groups in total. The molecule has 0 aliphatic carbocycles. The van der Waals surface area contributed by atoms with Crippen LogP contribution in [0.3, 0.4) is 0 Å². The molecule has 0 spiro atoms. The van der Waals surface area contributed by atoms with Crippen LogP contribution in [0.4, 0.5) is 5.69 Å². The zero-order valence-electron chi connectivity index (χ0n) is 7.21. The zero-order chi connectivity index (χ0) is 9.42. The SMILES string of the molecule is Cc1cc2nccc(Cl)c2cc1N. The van der Waals surface area contributed by atoms with E-state index in [0.717, 1.165) is 22.2 Å². The van der Waals surface area contributed by atoms with Crippen LogP contribution in [0.25, 0.3) is 10.9 Å². The van der Waals surface area contributed by atoms with Gasteiger partial charge in [-0.1, -0.05) is 11.6 Å². The Kier molecular flexibility index (Phi) is 1.85. The predicted octanol–water partition coefficient (Wildman–Crippen LogP) is 2.78. The monoisotopic (exact) mass is 192 g/mol. The maximum atomic E-state index is 5.99. The van der Waals surface area contributed by atoms with Crippen molar-refractivity contribution < 1.29 is 0 Å². The summed E-state index contributed by atoms with van der Waals surface area (Å²) >= 11 is 5.99. The molecule has 13 heavy (non-hydrogen) atoms. The van der Waals surface area contributed by atoms with Gasteiger partial charge in [0.15, 0.2) is 0 Å². The van der Waals surface area contributed by atoms with Gasteiger partial charge in [0, 0.05) is 17.3 Å². The minimum absolute atomic E-state index is 0.691. The van der Waals surface area contributed by atoms with Crippen LogP contribution in [0.15, 0.2) is 24.4 Å². The number of pyridine rings is 1. The van der Waals surface area contributed by atoms with Crippen LogP contribution < -0.4 is 5.73 Å². The third kappa shape index (κ3) is 1.33. The van der Waals surface area contributed by atoms with Gasteiger partial charge >= 0.3 is 0 Å². The van der Waals surface area contributed by atoms with Crippen molar-refractivity contribution in [1.29, 1.82) is 0 Å². The number of aryl methyl sites for hydroxylation is 1. The van der Waals surface area contributed by atoms with E-state index in [-0.39, 0.29) is 0 Å². The van der Waals surface area contributed by atoms with Crippen LogP contribution in [0.5, 0.6) is 0 Å². The normalized spacial score (nSPS) is 10.6. The van der Waals surface area contributed by atoms with Crippen LogP contribution >= 0.6 is 11.6 Å². The van der Waals surface area contributed by atoms with Gasteiger partial charge < -0.3 is 5.73 Å². The molecule has 0 aliphatic heterocycles. The molecule has 0 aliphatic rings. The zero-order valence-corrected chi connectivity index (χ0v) is 7.97. The Balaban J connectivity index is 2.89. The smallest absolute Gasteiger partial charge is 0.0721 e. The second-order valence-electron chi connectivity index (χ2n) is 3.02. The van der Waals surface area contributed by atoms with Crippen molar-refractivity contribution in [1.82, 2.24) is 4.98 Å². The summed E-state index contributed by atoms with van der Waals surface area (Å²) in [6.45, 7) is 1.96. The molecule has 2 nitrogen and oxygen atoms in total. The van der Waals surface area contributed by atoms with E-state index in [9.17, 15) is 0 Å². The molecule has 0 radical (unpaired) electrons. The Hall–Kier alpha value is -1.28. The molecule has 2 aromatic rings. The number of aromatic nitrogens is 1. The molecule has 0 atom stereocenters. The Labute approximate surface area is 81.3 Å². The molecule has 3 heteroatoms. The summed E-state index contributed by atoms with van der Waals surface area (Å²) < 4.78 is 0. The van der Waals surface area contributed by atoms with Crippen molar-refractivity contribution in [2.75, 3.05) is 5.73 Å². The van der Waals surface area contributed by atoms with Gasteiger partial charge in [-0.3, -0.25) is 4.98 Å². The highest BCUT2D eigenvalue weighted by molar-refractivity contribution is 6.35. The number of benzene rings is 1. The van der Waals surface area contributed by atoms with Crippen molar-refractivity contribution in [2.45, 2.75) is 6.92 Å². The molecule has 0 fully saturated rings. The average molecular weight is 193 g/mol. The number of hydrogen-bond donors (Lipinski definition) is 1. The van der Waals surface area contributed by atoms with Gasteiger partial charge in [-0.15, -0.1) is 0 Å². The van der Waals surface area contributed by atoms with Gasteiger partial charge in [0.25, 0.3) is 0 Å². The van der Waals surface area contributed by atoms with E-state index < -0.39 is 0 Å². The lowest BCUT2D eigenvalue weighted by molar-refractivity contribution is 1.39. The van der Waals surface area contributed by atoms with Crippen molar-refractivity contribution in [3.05, 3.63) is 35.0 Å². The van der Waals surface area contributed by atoms with Crippen LogP contribution in [-0.4, -0.2) is 4.98 Å². The Morgan fingerprint density at radius 3 is 2.92 bits per heavy atom. The number of rotatable bonds is 0. The lowest BCUT2D eigenvalue weighted by Crippen LogP contribution is -1.90. The molecule has 1 aromatic carbocycles. The maximum absolute atomic E-state index is 5.99. The Bertz CT molecular complexity index is 466. The summed E-state index contributed by atoms with van der Waals surface area (Å²) in [5, 5.41) is 1.60. The van der Waals surface area contributed by atoms with Crippen molar-refractivity contribution in [2.24, 2.45) is 0 Å². The third-order valence-electron chi connectivity index (χ3n) is 2.08.